The Balaban J connectivity index is 2.27. The van der Waals surface area contributed by atoms with Crippen molar-refractivity contribution in [2.24, 2.45) is 0 Å². The van der Waals surface area contributed by atoms with Crippen molar-refractivity contribution in [3.8, 4) is 0 Å². The molecule has 0 aromatic heterocycles. The summed E-state index contributed by atoms with van der Waals surface area (Å²) in [5.41, 5.74) is 2.94. The van der Waals surface area contributed by atoms with Gasteiger partial charge in [-0.1, -0.05) is 29.8 Å². The molecular formula is C16H25BrN2. The molecule has 106 valence electrons. The van der Waals surface area contributed by atoms with Gasteiger partial charge in [0.15, 0.2) is 0 Å². The van der Waals surface area contributed by atoms with E-state index in [0.717, 1.165) is 19.6 Å². The van der Waals surface area contributed by atoms with Gasteiger partial charge in [-0.15, -0.1) is 0 Å². The summed E-state index contributed by atoms with van der Waals surface area (Å²) >= 11 is 3.62. The highest BCUT2D eigenvalue weighted by atomic mass is 79.9. The van der Waals surface area contributed by atoms with Crippen LogP contribution in [0.1, 0.15) is 38.7 Å². The van der Waals surface area contributed by atoms with Crippen molar-refractivity contribution in [3.63, 3.8) is 0 Å². The molecule has 1 aromatic rings. The zero-order chi connectivity index (χ0) is 13.9. The number of aryl methyl sites for hydroxylation is 1. The van der Waals surface area contributed by atoms with E-state index in [0.29, 0.717) is 0 Å². The van der Waals surface area contributed by atoms with E-state index in [4.69, 9.17) is 0 Å². The fourth-order valence-corrected chi connectivity index (χ4v) is 3.56. The molecule has 2 rings (SSSR count). The van der Waals surface area contributed by atoms with Crippen LogP contribution in [0.5, 0.6) is 0 Å². The average Bonchev–Trinajstić information content (AvgIpc) is 2.61. The Morgan fingerprint density at radius 3 is 2.63 bits per heavy atom. The van der Waals surface area contributed by atoms with Gasteiger partial charge in [0.25, 0.3) is 0 Å². The van der Waals surface area contributed by atoms with Gasteiger partial charge in [0.05, 0.1) is 0 Å². The summed E-state index contributed by atoms with van der Waals surface area (Å²) in [5.74, 6) is 0. The highest BCUT2D eigenvalue weighted by Gasteiger charge is 2.30. The minimum Gasteiger partial charge on any atom is -0.370 e. The third kappa shape index (κ3) is 3.51. The van der Waals surface area contributed by atoms with Gasteiger partial charge < -0.3 is 10.2 Å². The van der Waals surface area contributed by atoms with Gasteiger partial charge in [-0.3, -0.25) is 0 Å². The maximum atomic E-state index is 3.77. The number of halogens is 1. The van der Waals surface area contributed by atoms with Crippen LogP contribution in [0.25, 0.3) is 0 Å². The third-order valence-electron chi connectivity index (χ3n) is 4.34. The molecule has 1 aliphatic rings. The lowest BCUT2D eigenvalue weighted by molar-refractivity contribution is 0.321. The lowest BCUT2D eigenvalue weighted by Crippen LogP contribution is -2.50. The second-order valence-electron chi connectivity index (χ2n) is 5.68. The molecule has 19 heavy (non-hydrogen) atoms. The lowest BCUT2D eigenvalue weighted by Gasteiger charge is -2.36. The molecule has 0 amide bonds. The van der Waals surface area contributed by atoms with Crippen LogP contribution >= 0.6 is 15.9 Å². The first-order valence-corrected chi connectivity index (χ1v) is 8.15. The smallest absolute Gasteiger partial charge is 0.0380 e. The molecule has 0 atom stereocenters. The normalized spacial score (nSPS) is 19.3. The van der Waals surface area contributed by atoms with E-state index in [1.165, 1.54) is 35.0 Å². The lowest BCUT2D eigenvalue weighted by atomic mass is 9.92. The van der Waals surface area contributed by atoms with Crippen molar-refractivity contribution in [2.75, 3.05) is 24.5 Å². The zero-order valence-corrected chi connectivity index (χ0v) is 13.9. The molecule has 1 fully saturated rings. The number of rotatable bonds is 3. The molecule has 2 nitrogen and oxygen atoms in total. The molecule has 1 N–H and O–H groups in total. The highest BCUT2D eigenvalue weighted by molar-refractivity contribution is 9.10. The Bertz CT molecular complexity index is 407. The summed E-state index contributed by atoms with van der Waals surface area (Å²) in [6.45, 7) is 10.1. The van der Waals surface area contributed by atoms with Crippen molar-refractivity contribution in [1.29, 1.82) is 0 Å². The topological polar surface area (TPSA) is 15.3 Å². The van der Waals surface area contributed by atoms with Gasteiger partial charge in [-0.25, -0.2) is 0 Å². The Labute approximate surface area is 125 Å². The molecule has 1 aliphatic heterocycles. The number of anilines is 1. The predicted molar refractivity (Wildman–Crippen MR) is 87.0 cm³/mol. The summed E-state index contributed by atoms with van der Waals surface area (Å²) in [4.78, 5) is 2.55. The van der Waals surface area contributed by atoms with Crippen LogP contribution in [0.15, 0.2) is 22.7 Å². The molecule has 0 saturated carbocycles. The minimum absolute atomic E-state index is 0.271. The van der Waals surface area contributed by atoms with Gasteiger partial charge in [-0.05, 0) is 56.5 Å². The van der Waals surface area contributed by atoms with E-state index >= 15 is 0 Å². The van der Waals surface area contributed by atoms with Crippen molar-refractivity contribution >= 4 is 21.6 Å². The Morgan fingerprint density at radius 2 is 2.00 bits per heavy atom. The van der Waals surface area contributed by atoms with Crippen LogP contribution in [-0.4, -0.2) is 25.2 Å². The first-order valence-electron chi connectivity index (χ1n) is 7.36. The van der Waals surface area contributed by atoms with E-state index in [1.54, 1.807) is 0 Å². The molecule has 1 saturated heterocycles. The third-order valence-corrected chi connectivity index (χ3v) is 4.80. The molecule has 1 aromatic carbocycles. The molecule has 0 bridgehead atoms. The largest absolute Gasteiger partial charge is 0.370 e. The van der Waals surface area contributed by atoms with Crippen LogP contribution in [0.3, 0.4) is 0 Å². The Morgan fingerprint density at radius 1 is 1.26 bits per heavy atom. The fourth-order valence-electron chi connectivity index (χ4n) is 2.97. The highest BCUT2D eigenvalue weighted by Crippen LogP contribution is 2.27. The zero-order valence-electron chi connectivity index (χ0n) is 12.3. The molecule has 0 aliphatic carbocycles. The number of hydrogen-bond donors (Lipinski definition) is 1. The Hall–Kier alpha value is -0.540. The van der Waals surface area contributed by atoms with E-state index in [1.807, 2.05) is 0 Å². The van der Waals surface area contributed by atoms with Crippen LogP contribution < -0.4 is 10.2 Å². The number of nitrogens with one attached hydrogen (secondary N) is 1. The number of hydrogen-bond acceptors (Lipinski definition) is 2. The SMILES string of the molecule is CCC1(CC)CN(c2cc(C)cc(Br)c2)CCCN1. The minimum atomic E-state index is 0.271. The van der Waals surface area contributed by atoms with Gasteiger partial charge in [0.1, 0.15) is 0 Å². The van der Waals surface area contributed by atoms with Crippen LogP contribution in [-0.2, 0) is 0 Å². The second-order valence-corrected chi connectivity index (χ2v) is 6.59. The summed E-state index contributed by atoms with van der Waals surface area (Å²) in [6, 6.07) is 6.72. The second kappa shape index (κ2) is 6.27. The van der Waals surface area contributed by atoms with Crippen molar-refractivity contribution in [3.05, 3.63) is 28.2 Å². The van der Waals surface area contributed by atoms with Crippen LogP contribution in [0.4, 0.5) is 5.69 Å². The van der Waals surface area contributed by atoms with Gasteiger partial charge >= 0.3 is 0 Å². The van der Waals surface area contributed by atoms with Crippen molar-refractivity contribution < 1.29 is 0 Å². The summed E-state index contributed by atoms with van der Waals surface area (Å²) in [7, 11) is 0. The molecule has 1 heterocycles. The average molecular weight is 325 g/mol. The first-order chi connectivity index (χ1) is 9.08. The Kier molecular flexibility index (Phi) is 4.91. The molecular weight excluding hydrogens is 300 g/mol. The van der Waals surface area contributed by atoms with Gasteiger partial charge in [0.2, 0.25) is 0 Å². The summed E-state index contributed by atoms with van der Waals surface area (Å²) < 4.78 is 1.18. The van der Waals surface area contributed by atoms with Crippen molar-refractivity contribution in [2.45, 2.75) is 45.6 Å². The fraction of sp³-hybridized carbons (Fsp3) is 0.625. The predicted octanol–water partition coefficient (Wildman–Crippen LogP) is 4.12. The van der Waals surface area contributed by atoms with Crippen LogP contribution in [0.2, 0.25) is 0 Å². The van der Waals surface area contributed by atoms with Crippen LogP contribution in [0, 0.1) is 6.92 Å². The standard InChI is InChI=1S/C16H25BrN2/c1-4-16(5-2)12-19(8-6-7-18-16)15-10-13(3)9-14(17)11-15/h9-11,18H,4-8,12H2,1-3H3. The molecule has 0 radical (unpaired) electrons. The van der Waals surface area contributed by atoms with E-state index in [9.17, 15) is 0 Å². The first kappa shape index (κ1) is 14.9. The van der Waals surface area contributed by atoms with E-state index in [2.05, 4.69) is 65.1 Å². The van der Waals surface area contributed by atoms with Crippen molar-refractivity contribution in [1.82, 2.24) is 5.32 Å². The number of nitrogens with zero attached hydrogens (tertiary/aromatic N) is 1. The quantitative estimate of drug-likeness (QED) is 0.899. The maximum Gasteiger partial charge on any atom is 0.0380 e. The molecule has 0 unspecified atom stereocenters. The maximum absolute atomic E-state index is 3.77. The molecule has 3 heteroatoms. The monoisotopic (exact) mass is 324 g/mol. The van der Waals surface area contributed by atoms with Gasteiger partial charge in [0, 0.05) is 28.8 Å². The number of benzene rings is 1. The summed E-state index contributed by atoms with van der Waals surface area (Å²) in [5, 5.41) is 3.77. The summed E-state index contributed by atoms with van der Waals surface area (Å²) in [6.07, 6.45) is 3.59. The van der Waals surface area contributed by atoms with Gasteiger partial charge in [-0.2, -0.15) is 0 Å². The van der Waals surface area contributed by atoms with E-state index < -0.39 is 0 Å². The molecule has 0 spiro atoms. The van der Waals surface area contributed by atoms with E-state index in [-0.39, 0.29) is 5.54 Å².